The fraction of sp³-hybridized carbons (Fsp3) is 0.222. The van der Waals surface area contributed by atoms with Crippen LogP contribution >= 0.6 is 0 Å². The van der Waals surface area contributed by atoms with Gasteiger partial charge >= 0.3 is 0 Å². The number of hydrogen-bond donors (Lipinski definition) is 0. The van der Waals surface area contributed by atoms with Gasteiger partial charge in [-0.2, -0.15) is 4.68 Å². The molecule has 0 aliphatic rings. The van der Waals surface area contributed by atoms with Crippen molar-refractivity contribution in [2.24, 2.45) is 0 Å². The van der Waals surface area contributed by atoms with E-state index in [0.717, 1.165) is 10.9 Å². The molecule has 0 atom stereocenters. The molecule has 0 aliphatic carbocycles. The molecule has 0 N–H and O–H groups in total. The second kappa shape index (κ2) is 3.88. The van der Waals surface area contributed by atoms with Crippen molar-refractivity contribution in [1.29, 1.82) is 0 Å². The van der Waals surface area contributed by atoms with Gasteiger partial charge in [0.15, 0.2) is 0 Å². The Balaban J connectivity index is 2.70. The molecule has 1 aromatic heterocycles. The third-order valence-corrected chi connectivity index (χ3v) is 3.09. The van der Waals surface area contributed by atoms with Gasteiger partial charge in [-0.05, 0) is 35.0 Å². The summed E-state index contributed by atoms with van der Waals surface area (Å²) in [5, 5.41) is 9.97. The Kier molecular flexibility index (Phi) is 2.66. The highest BCUT2D eigenvalue weighted by Gasteiger charge is 2.19. The molecule has 0 amide bonds. The zero-order valence-electron chi connectivity index (χ0n) is 9.12. The first kappa shape index (κ1) is 11.6. The Bertz CT molecular complexity index is 665. The molecule has 8 heteroatoms. The predicted octanol–water partition coefficient (Wildman–Crippen LogP) is 0.513. The van der Waals surface area contributed by atoms with E-state index in [9.17, 15) is 12.8 Å². The van der Waals surface area contributed by atoms with Gasteiger partial charge in [-0.25, -0.2) is 12.8 Å². The molecule has 17 heavy (non-hydrogen) atoms. The minimum absolute atomic E-state index is 0.301. The zero-order chi connectivity index (χ0) is 12.6. The van der Waals surface area contributed by atoms with E-state index in [-0.39, 0.29) is 5.16 Å². The molecule has 6 nitrogen and oxygen atoms in total. The first-order valence-electron chi connectivity index (χ1n) is 4.64. The molecule has 2 aromatic rings. The second-order valence-corrected chi connectivity index (χ2v) is 5.49. The maximum absolute atomic E-state index is 13.1. The van der Waals surface area contributed by atoms with E-state index in [1.54, 1.807) is 6.92 Å². The number of sulfone groups is 1. The number of rotatable bonds is 2. The normalized spacial score (nSPS) is 11.7. The van der Waals surface area contributed by atoms with E-state index in [0.29, 0.717) is 11.3 Å². The lowest BCUT2D eigenvalue weighted by molar-refractivity contribution is 0.584. The Morgan fingerprint density at radius 1 is 1.35 bits per heavy atom. The monoisotopic (exact) mass is 256 g/mol. The number of hydrogen-bond acceptors (Lipinski definition) is 5. The molecule has 0 bridgehead atoms. The van der Waals surface area contributed by atoms with Crippen molar-refractivity contribution in [2.45, 2.75) is 12.1 Å². The molecule has 2 rings (SSSR count). The number of tetrazole rings is 1. The van der Waals surface area contributed by atoms with Crippen LogP contribution in [0.3, 0.4) is 0 Å². The SMILES string of the molecule is Cc1ccc(F)cc1-n1nnnc1S(C)(=O)=O. The lowest BCUT2D eigenvalue weighted by atomic mass is 10.2. The number of halogens is 1. The summed E-state index contributed by atoms with van der Waals surface area (Å²) in [5.41, 5.74) is 0.971. The highest BCUT2D eigenvalue weighted by atomic mass is 32.2. The van der Waals surface area contributed by atoms with Gasteiger partial charge in [0.05, 0.1) is 5.69 Å². The summed E-state index contributed by atoms with van der Waals surface area (Å²) in [6, 6.07) is 3.99. The second-order valence-electron chi connectivity index (χ2n) is 3.58. The Morgan fingerprint density at radius 3 is 2.71 bits per heavy atom. The van der Waals surface area contributed by atoms with Crippen LogP contribution in [0.4, 0.5) is 4.39 Å². The largest absolute Gasteiger partial charge is 0.272 e. The minimum atomic E-state index is -3.56. The first-order valence-corrected chi connectivity index (χ1v) is 6.53. The van der Waals surface area contributed by atoms with E-state index in [1.165, 1.54) is 18.2 Å². The maximum atomic E-state index is 13.1. The summed E-state index contributed by atoms with van der Waals surface area (Å²) in [6.07, 6.45) is 0.990. The first-order chi connectivity index (χ1) is 7.89. The van der Waals surface area contributed by atoms with Crippen LogP contribution in [0, 0.1) is 12.7 Å². The number of aryl methyl sites for hydroxylation is 1. The van der Waals surface area contributed by atoms with Gasteiger partial charge in [0.2, 0.25) is 9.84 Å². The van der Waals surface area contributed by atoms with Crippen LogP contribution in [0.5, 0.6) is 0 Å². The van der Waals surface area contributed by atoms with E-state index >= 15 is 0 Å². The third kappa shape index (κ3) is 2.16. The van der Waals surface area contributed by atoms with Crippen molar-refractivity contribution in [1.82, 2.24) is 20.2 Å². The van der Waals surface area contributed by atoms with Crippen LogP contribution in [0.2, 0.25) is 0 Å². The molecule has 0 fully saturated rings. The van der Waals surface area contributed by atoms with Gasteiger partial charge < -0.3 is 0 Å². The van der Waals surface area contributed by atoms with Crippen molar-refractivity contribution in [3.8, 4) is 5.69 Å². The lowest BCUT2D eigenvalue weighted by Gasteiger charge is -2.06. The van der Waals surface area contributed by atoms with Gasteiger partial charge in [0.25, 0.3) is 5.16 Å². The highest BCUT2D eigenvalue weighted by Crippen LogP contribution is 2.17. The molecule has 1 heterocycles. The summed E-state index contributed by atoms with van der Waals surface area (Å²) in [4.78, 5) is 0. The van der Waals surface area contributed by atoms with Crippen molar-refractivity contribution in [2.75, 3.05) is 6.26 Å². The molecule has 0 saturated carbocycles. The fourth-order valence-electron chi connectivity index (χ4n) is 1.37. The van der Waals surface area contributed by atoms with Gasteiger partial charge in [0.1, 0.15) is 5.82 Å². The minimum Gasteiger partial charge on any atom is -0.221 e. The van der Waals surface area contributed by atoms with E-state index in [1.807, 2.05) is 0 Å². The van der Waals surface area contributed by atoms with E-state index < -0.39 is 15.7 Å². The fourth-order valence-corrected chi connectivity index (χ4v) is 2.01. The smallest absolute Gasteiger partial charge is 0.221 e. The molecule has 1 aromatic carbocycles. The standard InChI is InChI=1S/C9H9FN4O2S/c1-6-3-4-7(10)5-8(6)14-9(11-12-13-14)17(2,15)16/h3-5H,1-2H3. The molecular weight excluding hydrogens is 247 g/mol. The van der Waals surface area contributed by atoms with Gasteiger partial charge in [0, 0.05) is 6.26 Å². The average Bonchev–Trinajstić information content (AvgIpc) is 2.69. The van der Waals surface area contributed by atoms with Gasteiger partial charge in [-0.1, -0.05) is 11.2 Å². The maximum Gasteiger partial charge on any atom is 0.272 e. The lowest BCUT2D eigenvalue weighted by Crippen LogP contribution is -2.10. The quantitative estimate of drug-likeness (QED) is 0.782. The van der Waals surface area contributed by atoms with Crippen LogP contribution in [0.25, 0.3) is 5.69 Å². The molecular formula is C9H9FN4O2S. The van der Waals surface area contributed by atoms with E-state index in [4.69, 9.17) is 0 Å². The summed E-state index contributed by atoms with van der Waals surface area (Å²) < 4.78 is 37.0. The van der Waals surface area contributed by atoms with E-state index in [2.05, 4.69) is 15.5 Å². The van der Waals surface area contributed by atoms with Crippen LogP contribution < -0.4 is 0 Å². The zero-order valence-corrected chi connectivity index (χ0v) is 9.94. The number of nitrogens with zero attached hydrogens (tertiary/aromatic N) is 4. The Morgan fingerprint density at radius 2 is 2.06 bits per heavy atom. The Hall–Kier alpha value is -1.83. The number of benzene rings is 1. The average molecular weight is 256 g/mol. The van der Waals surface area contributed by atoms with Gasteiger partial charge in [-0.15, -0.1) is 0 Å². The third-order valence-electron chi connectivity index (χ3n) is 2.17. The summed E-state index contributed by atoms with van der Waals surface area (Å²) in [7, 11) is -3.56. The van der Waals surface area contributed by atoms with Crippen LogP contribution in [0.1, 0.15) is 5.56 Å². The molecule has 0 aliphatic heterocycles. The van der Waals surface area contributed by atoms with Crippen LogP contribution in [0.15, 0.2) is 23.4 Å². The molecule has 90 valence electrons. The summed E-state index contributed by atoms with van der Waals surface area (Å²) in [5.74, 6) is -0.486. The van der Waals surface area contributed by atoms with Gasteiger partial charge in [-0.3, -0.25) is 0 Å². The van der Waals surface area contributed by atoms with Crippen molar-refractivity contribution < 1.29 is 12.8 Å². The van der Waals surface area contributed by atoms with Crippen molar-refractivity contribution >= 4 is 9.84 Å². The molecule has 0 unspecified atom stereocenters. The summed E-state index contributed by atoms with van der Waals surface area (Å²) in [6.45, 7) is 1.71. The molecule has 0 spiro atoms. The highest BCUT2D eigenvalue weighted by molar-refractivity contribution is 7.90. The summed E-state index contributed by atoms with van der Waals surface area (Å²) >= 11 is 0. The van der Waals surface area contributed by atoms with Crippen molar-refractivity contribution in [3.05, 3.63) is 29.6 Å². The molecule has 0 radical (unpaired) electrons. The predicted molar refractivity (Wildman–Crippen MR) is 57.0 cm³/mol. The molecule has 0 saturated heterocycles. The Labute approximate surface area is 97.0 Å². The van der Waals surface area contributed by atoms with Crippen LogP contribution in [-0.4, -0.2) is 34.9 Å². The van der Waals surface area contributed by atoms with Crippen LogP contribution in [-0.2, 0) is 9.84 Å². The topological polar surface area (TPSA) is 77.7 Å². The number of aromatic nitrogens is 4. The van der Waals surface area contributed by atoms with Crippen molar-refractivity contribution in [3.63, 3.8) is 0 Å².